The predicted molar refractivity (Wildman–Crippen MR) is 139 cm³/mol. The standard InChI is InChI=1S/C31H34O2S/c1-22-16-27(34(25-11-5-3-6-12-25)26-13-7-4-8-14-26)17-23(2)29(22)33-28(32)20-31-19-24-10-9-15-30(31,18-24)21-31/h3-8,11-14,16-17,24,34H,9-10,15,18-21H2,1-2H3. The number of esters is 1. The van der Waals surface area contributed by atoms with Gasteiger partial charge in [0.05, 0.1) is 6.42 Å². The fourth-order valence-corrected chi connectivity index (χ4v) is 9.79. The molecule has 0 heterocycles. The lowest BCUT2D eigenvalue weighted by atomic mass is 9.83. The summed E-state index contributed by atoms with van der Waals surface area (Å²) in [6.07, 6.45) is 8.50. The zero-order valence-corrected chi connectivity index (χ0v) is 21.1. The van der Waals surface area contributed by atoms with Crippen molar-refractivity contribution in [1.82, 2.24) is 0 Å². The average Bonchev–Trinajstić information content (AvgIpc) is 3.33. The molecule has 3 unspecified atom stereocenters. The van der Waals surface area contributed by atoms with Gasteiger partial charge in [-0.15, -0.1) is 0 Å². The Morgan fingerprint density at radius 1 is 0.912 bits per heavy atom. The molecule has 3 aromatic rings. The number of hydrogen-bond donors (Lipinski definition) is 1. The highest BCUT2D eigenvalue weighted by Gasteiger charge is 2.72. The second-order valence-corrected chi connectivity index (χ2v) is 13.2. The Morgan fingerprint density at radius 3 is 2.12 bits per heavy atom. The summed E-state index contributed by atoms with van der Waals surface area (Å²) in [6.45, 7) is 4.17. The van der Waals surface area contributed by atoms with Crippen LogP contribution in [0.15, 0.2) is 87.5 Å². The van der Waals surface area contributed by atoms with E-state index in [9.17, 15) is 4.79 Å². The Kier molecular flexibility index (Phi) is 5.37. The van der Waals surface area contributed by atoms with Crippen molar-refractivity contribution >= 4 is 16.9 Å². The minimum atomic E-state index is -0.671. The van der Waals surface area contributed by atoms with E-state index < -0.39 is 10.9 Å². The quantitative estimate of drug-likeness (QED) is 0.224. The molecule has 0 saturated heterocycles. The van der Waals surface area contributed by atoms with Crippen molar-refractivity contribution in [2.75, 3.05) is 0 Å². The van der Waals surface area contributed by atoms with E-state index in [1.807, 2.05) is 0 Å². The number of thiol groups is 1. The van der Waals surface area contributed by atoms with Crippen molar-refractivity contribution in [1.29, 1.82) is 0 Å². The minimum absolute atomic E-state index is 0.0308. The van der Waals surface area contributed by atoms with Crippen LogP contribution in [0.5, 0.6) is 5.75 Å². The Labute approximate surface area is 206 Å². The normalized spacial score (nSPS) is 27.1. The summed E-state index contributed by atoms with van der Waals surface area (Å²) < 4.78 is 6.09. The molecule has 1 spiro atoms. The third kappa shape index (κ3) is 3.69. The van der Waals surface area contributed by atoms with E-state index in [-0.39, 0.29) is 11.4 Å². The summed E-state index contributed by atoms with van der Waals surface area (Å²) in [6, 6.07) is 26.0. The first-order valence-electron chi connectivity index (χ1n) is 12.7. The van der Waals surface area contributed by atoms with Crippen molar-refractivity contribution in [3.8, 4) is 5.75 Å². The van der Waals surface area contributed by atoms with Crippen molar-refractivity contribution in [3.05, 3.63) is 83.9 Å². The molecule has 2 nitrogen and oxygen atoms in total. The van der Waals surface area contributed by atoms with Crippen LogP contribution in [-0.2, 0) is 4.79 Å². The van der Waals surface area contributed by atoms with Gasteiger partial charge in [-0.25, -0.2) is 0 Å². The number of hydrogen-bond acceptors (Lipinski definition) is 2. The molecule has 34 heavy (non-hydrogen) atoms. The number of ether oxygens (including phenoxy) is 1. The average molecular weight is 471 g/mol. The van der Waals surface area contributed by atoms with Crippen LogP contribution in [0.4, 0.5) is 0 Å². The fourth-order valence-electron chi connectivity index (χ4n) is 7.31. The fraction of sp³-hybridized carbons (Fsp3) is 0.387. The van der Waals surface area contributed by atoms with Gasteiger partial charge in [0.15, 0.2) is 0 Å². The van der Waals surface area contributed by atoms with E-state index in [1.54, 1.807) is 0 Å². The van der Waals surface area contributed by atoms with Gasteiger partial charge in [-0.3, -0.25) is 4.79 Å². The number of benzene rings is 3. The summed E-state index contributed by atoms with van der Waals surface area (Å²) >= 11 is 0. The molecule has 3 fully saturated rings. The summed E-state index contributed by atoms with van der Waals surface area (Å²) in [7, 11) is -0.671. The van der Waals surface area contributed by atoms with Crippen LogP contribution in [0.25, 0.3) is 0 Å². The summed E-state index contributed by atoms with van der Waals surface area (Å²) in [4.78, 5) is 17.1. The Balaban J connectivity index is 1.26. The van der Waals surface area contributed by atoms with Crippen LogP contribution in [0.1, 0.15) is 56.1 Å². The van der Waals surface area contributed by atoms with E-state index >= 15 is 0 Å². The summed E-state index contributed by atoms with van der Waals surface area (Å²) in [5.74, 6) is 1.59. The number of aryl methyl sites for hydroxylation is 2. The van der Waals surface area contributed by atoms with Gasteiger partial charge in [-0.2, -0.15) is 10.9 Å². The topological polar surface area (TPSA) is 26.3 Å². The van der Waals surface area contributed by atoms with Crippen molar-refractivity contribution in [3.63, 3.8) is 0 Å². The molecule has 3 saturated carbocycles. The molecule has 176 valence electrons. The first-order chi connectivity index (χ1) is 16.5. The molecule has 0 aliphatic heterocycles. The summed E-state index contributed by atoms with van der Waals surface area (Å²) in [5, 5.41) is 0. The number of carbonyl (C=O) groups is 1. The molecule has 3 atom stereocenters. The zero-order chi connectivity index (χ0) is 23.3. The van der Waals surface area contributed by atoms with Crippen LogP contribution < -0.4 is 4.74 Å². The van der Waals surface area contributed by atoms with Gasteiger partial charge in [0.25, 0.3) is 0 Å². The monoisotopic (exact) mass is 470 g/mol. The molecule has 0 N–H and O–H groups in total. The molecule has 3 aromatic carbocycles. The molecule has 0 radical (unpaired) electrons. The van der Waals surface area contributed by atoms with Crippen LogP contribution in [-0.4, -0.2) is 5.97 Å². The largest absolute Gasteiger partial charge is 0.426 e. The zero-order valence-electron chi connectivity index (χ0n) is 20.2. The molecule has 2 bridgehead atoms. The van der Waals surface area contributed by atoms with Crippen molar-refractivity contribution in [2.45, 2.75) is 73.5 Å². The number of rotatable bonds is 6. The van der Waals surface area contributed by atoms with Crippen molar-refractivity contribution < 1.29 is 9.53 Å². The molecule has 6 rings (SSSR count). The van der Waals surface area contributed by atoms with E-state index in [1.165, 1.54) is 53.2 Å². The van der Waals surface area contributed by atoms with Gasteiger partial charge < -0.3 is 4.74 Å². The first kappa shape index (κ1) is 22.0. The Bertz CT molecular complexity index is 1160. The third-order valence-electron chi connectivity index (χ3n) is 8.73. The highest BCUT2D eigenvalue weighted by molar-refractivity contribution is 8.17. The summed E-state index contributed by atoms with van der Waals surface area (Å²) in [5.41, 5.74) is 2.83. The van der Waals surface area contributed by atoms with Gasteiger partial charge in [0.1, 0.15) is 5.75 Å². The van der Waals surface area contributed by atoms with Crippen LogP contribution in [0.3, 0.4) is 0 Å². The molecule has 3 heteroatoms. The Morgan fingerprint density at radius 2 is 1.53 bits per heavy atom. The van der Waals surface area contributed by atoms with Crippen LogP contribution in [0.2, 0.25) is 0 Å². The third-order valence-corrected chi connectivity index (χ3v) is 11.1. The predicted octanol–water partition coefficient (Wildman–Crippen LogP) is 8.05. The lowest BCUT2D eigenvalue weighted by Gasteiger charge is -2.25. The van der Waals surface area contributed by atoms with Gasteiger partial charge >= 0.3 is 5.97 Å². The molecule has 3 aliphatic rings. The SMILES string of the molecule is Cc1cc([SH](c2ccccc2)c2ccccc2)cc(C)c1OC(=O)CC12CC3CCCC1(C3)C2. The number of fused-ring (bicyclic) bond motifs is 1. The smallest absolute Gasteiger partial charge is 0.311 e. The second kappa shape index (κ2) is 8.30. The lowest BCUT2D eigenvalue weighted by Crippen LogP contribution is -2.18. The van der Waals surface area contributed by atoms with E-state index in [0.29, 0.717) is 11.8 Å². The van der Waals surface area contributed by atoms with Gasteiger partial charge in [-0.05, 0) is 118 Å². The highest BCUT2D eigenvalue weighted by Crippen LogP contribution is 2.80. The molecular weight excluding hydrogens is 436 g/mol. The van der Waals surface area contributed by atoms with Crippen LogP contribution in [0, 0.1) is 30.6 Å². The molecular formula is C31H34O2S. The van der Waals surface area contributed by atoms with Gasteiger partial charge in [-0.1, -0.05) is 49.2 Å². The highest BCUT2D eigenvalue weighted by atomic mass is 32.2. The maximum atomic E-state index is 13.1. The number of carbonyl (C=O) groups excluding carboxylic acids is 1. The molecule has 0 amide bonds. The van der Waals surface area contributed by atoms with E-state index in [0.717, 1.165) is 22.8 Å². The van der Waals surface area contributed by atoms with E-state index in [2.05, 4.69) is 86.6 Å². The van der Waals surface area contributed by atoms with Gasteiger partial charge in [0.2, 0.25) is 0 Å². The van der Waals surface area contributed by atoms with E-state index in [4.69, 9.17) is 4.74 Å². The minimum Gasteiger partial charge on any atom is -0.426 e. The molecule has 0 aromatic heterocycles. The van der Waals surface area contributed by atoms with Gasteiger partial charge in [0, 0.05) is 0 Å². The first-order valence-corrected chi connectivity index (χ1v) is 14.1. The lowest BCUT2D eigenvalue weighted by molar-refractivity contribution is -0.136. The maximum Gasteiger partial charge on any atom is 0.311 e. The maximum absolute atomic E-state index is 13.1. The van der Waals surface area contributed by atoms with Crippen molar-refractivity contribution in [2.24, 2.45) is 16.7 Å². The van der Waals surface area contributed by atoms with Crippen LogP contribution >= 0.6 is 10.9 Å². The second-order valence-electron chi connectivity index (χ2n) is 11.0. The molecule has 3 aliphatic carbocycles. The Hall–Kier alpha value is -2.52.